The quantitative estimate of drug-likeness (QED) is 0.723. The largest absolute Gasteiger partial charge is 0.444 e. The third-order valence-electron chi connectivity index (χ3n) is 1.35. The van der Waals surface area contributed by atoms with Gasteiger partial charge in [-0.15, -0.1) is 0 Å². The van der Waals surface area contributed by atoms with Gasteiger partial charge in [-0.25, -0.2) is 9.78 Å². The van der Waals surface area contributed by atoms with Crippen LogP contribution in [0.4, 0.5) is 10.5 Å². The Kier molecular flexibility index (Phi) is 3.41. The molecule has 0 spiro atoms. The normalized spacial score (nSPS) is 10.9. The van der Waals surface area contributed by atoms with Crippen molar-refractivity contribution in [2.45, 2.75) is 26.4 Å². The van der Waals surface area contributed by atoms with Crippen LogP contribution < -0.4 is 5.32 Å². The third-order valence-corrected chi connectivity index (χ3v) is 1.69. The van der Waals surface area contributed by atoms with Crippen LogP contribution in [-0.2, 0) is 4.74 Å². The van der Waals surface area contributed by atoms with Gasteiger partial charge in [0.05, 0.1) is 18.2 Å². The van der Waals surface area contributed by atoms with Gasteiger partial charge in [-0.3, -0.25) is 5.32 Å². The molecule has 0 bridgehead atoms. The van der Waals surface area contributed by atoms with Gasteiger partial charge in [0, 0.05) is 0 Å². The van der Waals surface area contributed by atoms with Crippen molar-refractivity contribution in [3.63, 3.8) is 0 Å². The summed E-state index contributed by atoms with van der Waals surface area (Å²) in [4.78, 5) is 17.9. The molecule has 0 aliphatic rings. The number of H-pyrrole nitrogens is 1. The van der Waals surface area contributed by atoms with Crippen LogP contribution in [-0.4, -0.2) is 21.7 Å². The first kappa shape index (κ1) is 11.6. The molecule has 1 aromatic heterocycles. The molecule has 6 heteroatoms. The second-order valence-corrected chi connectivity index (χ2v) is 4.33. The van der Waals surface area contributed by atoms with E-state index in [4.69, 9.17) is 17.0 Å². The Morgan fingerprint density at radius 2 is 2.27 bits per heavy atom. The molecule has 1 heterocycles. The number of aromatic nitrogens is 2. The molecule has 0 saturated carbocycles. The van der Waals surface area contributed by atoms with Crippen molar-refractivity contribution in [2.75, 3.05) is 5.32 Å². The summed E-state index contributed by atoms with van der Waals surface area (Å²) in [7, 11) is 0. The zero-order valence-corrected chi connectivity index (χ0v) is 9.64. The Bertz CT molecular complexity index is 408. The van der Waals surface area contributed by atoms with Crippen molar-refractivity contribution in [3.8, 4) is 0 Å². The number of carbonyl (C=O) groups excluding carboxylic acids is 1. The van der Waals surface area contributed by atoms with Gasteiger partial charge in [0.2, 0.25) is 0 Å². The highest BCUT2D eigenvalue weighted by molar-refractivity contribution is 7.71. The van der Waals surface area contributed by atoms with Crippen LogP contribution in [0.3, 0.4) is 0 Å². The SMILES string of the molecule is CC(C)(C)OC(=O)Nc1cnc[nH]c1=S. The number of aromatic amines is 1. The maximum atomic E-state index is 11.4. The van der Waals surface area contributed by atoms with E-state index in [0.717, 1.165) is 0 Å². The monoisotopic (exact) mass is 227 g/mol. The van der Waals surface area contributed by atoms with E-state index in [1.54, 1.807) is 20.8 Å². The van der Waals surface area contributed by atoms with Gasteiger partial charge in [0.1, 0.15) is 10.2 Å². The van der Waals surface area contributed by atoms with Crippen molar-refractivity contribution in [2.24, 2.45) is 0 Å². The van der Waals surface area contributed by atoms with Crippen molar-refractivity contribution in [1.29, 1.82) is 0 Å². The van der Waals surface area contributed by atoms with Crippen molar-refractivity contribution >= 4 is 24.0 Å². The highest BCUT2D eigenvalue weighted by atomic mass is 32.1. The predicted octanol–water partition coefficient (Wildman–Crippen LogP) is 2.49. The number of nitrogens with one attached hydrogen (secondary N) is 2. The molecule has 0 aliphatic heterocycles. The number of ether oxygens (including phenoxy) is 1. The Hall–Kier alpha value is -1.43. The second kappa shape index (κ2) is 4.39. The van der Waals surface area contributed by atoms with E-state index in [9.17, 15) is 4.79 Å². The first-order valence-corrected chi connectivity index (χ1v) is 4.82. The molecular formula is C9H13N3O2S. The molecule has 1 rings (SSSR count). The maximum Gasteiger partial charge on any atom is 0.412 e. The standard InChI is InChI=1S/C9H13N3O2S/c1-9(2,3)14-8(13)12-6-4-10-5-11-7(6)15/h4-5H,1-3H3,(H,12,13)(H,10,11,15). The minimum absolute atomic E-state index is 0.413. The lowest BCUT2D eigenvalue weighted by Gasteiger charge is -2.19. The number of rotatable bonds is 1. The number of nitrogens with zero attached hydrogens (tertiary/aromatic N) is 1. The second-order valence-electron chi connectivity index (χ2n) is 3.92. The summed E-state index contributed by atoms with van der Waals surface area (Å²) in [6.45, 7) is 5.36. The minimum atomic E-state index is -0.546. The van der Waals surface area contributed by atoms with Gasteiger partial charge in [-0.2, -0.15) is 0 Å². The Labute approximate surface area is 92.9 Å². The average Bonchev–Trinajstić information content (AvgIpc) is 2.05. The van der Waals surface area contributed by atoms with Crippen LogP contribution in [0, 0.1) is 4.64 Å². The van der Waals surface area contributed by atoms with Crippen LogP contribution in [0.1, 0.15) is 20.8 Å². The number of hydrogen-bond donors (Lipinski definition) is 2. The summed E-state index contributed by atoms with van der Waals surface area (Å²) in [5.74, 6) is 0. The van der Waals surface area contributed by atoms with E-state index in [0.29, 0.717) is 10.3 Å². The average molecular weight is 227 g/mol. The molecule has 0 aliphatic carbocycles. The predicted molar refractivity (Wildman–Crippen MR) is 59.3 cm³/mol. The molecule has 0 fully saturated rings. The molecule has 1 amide bonds. The third kappa shape index (κ3) is 4.07. The van der Waals surface area contributed by atoms with Crippen molar-refractivity contribution < 1.29 is 9.53 Å². The fourth-order valence-corrected chi connectivity index (χ4v) is 1.00. The van der Waals surface area contributed by atoms with Gasteiger partial charge in [-0.05, 0) is 20.8 Å². The van der Waals surface area contributed by atoms with Crippen LogP contribution in [0.2, 0.25) is 0 Å². The molecule has 2 N–H and O–H groups in total. The Morgan fingerprint density at radius 1 is 1.60 bits per heavy atom. The molecule has 0 atom stereocenters. The highest BCUT2D eigenvalue weighted by Gasteiger charge is 2.16. The van der Waals surface area contributed by atoms with Crippen molar-refractivity contribution in [3.05, 3.63) is 17.2 Å². The topological polar surface area (TPSA) is 67.0 Å². The summed E-state index contributed by atoms with van der Waals surface area (Å²) in [5.41, 5.74) is -0.0980. The highest BCUT2D eigenvalue weighted by Crippen LogP contribution is 2.10. The lowest BCUT2D eigenvalue weighted by atomic mass is 10.2. The van der Waals surface area contributed by atoms with Crippen LogP contribution in [0.5, 0.6) is 0 Å². The first-order valence-electron chi connectivity index (χ1n) is 4.41. The summed E-state index contributed by atoms with van der Waals surface area (Å²) in [6, 6.07) is 0. The molecule has 1 aromatic rings. The van der Waals surface area contributed by atoms with Gasteiger partial charge < -0.3 is 9.72 Å². The summed E-state index contributed by atoms with van der Waals surface area (Å²) < 4.78 is 5.47. The summed E-state index contributed by atoms with van der Waals surface area (Å²) >= 11 is 4.95. The van der Waals surface area contributed by atoms with E-state index < -0.39 is 11.7 Å². The number of anilines is 1. The first-order chi connectivity index (χ1) is 6.88. The molecule has 0 saturated heterocycles. The van der Waals surface area contributed by atoms with Crippen molar-refractivity contribution in [1.82, 2.24) is 9.97 Å². The van der Waals surface area contributed by atoms with E-state index in [-0.39, 0.29) is 0 Å². The van der Waals surface area contributed by atoms with E-state index in [1.165, 1.54) is 12.5 Å². The minimum Gasteiger partial charge on any atom is -0.444 e. The lowest BCUT2D eigenvalue weighted by Crippen LogP contribution is -2.27. The number of hydrogen-bond acceptors (Lipinski definition) is 4. The smallest absolute Gasteiger partial charge is 0.412 e. The van der Waals surface area contributed by atoms with Gasteiger partial charge in [0.25, 0.3) is 0 Å². The Balaban J connectivity index is 2.68. The molecule has 0 aromatic carbocycles. The summed E-state index contributed by atoms with van der Waals surface area (Å²) in [6.07, 6.45) is 2.36. The van der Waals surface area contributed by atoms with E-state index in [1.807, 2.05) is 0 Å². The Morgan fingerprint density at radius 3 is 2.80 bits per heavy atom. The zero-order valence-electron chi connectivity index (χ0n) is 8.83. The van der Waals surface area contributed by atoms with Gasteiger partial charge >= 0.3 is 6.09 Å². The molecule has 0 radical (unpaired) electrons. The number of carbonyl (C=O) groups is 1. The molecule has 15 heavy (non-hydrogen) atoms. The van der Waals surface area contributed by atoms with E-state index >= 15 is 0 Å². The number of amides is 1. The molecule has 5 nitrogen and oxygen atoms in total. The molecular weight excluding hydrogens is 214 g/mol. The molecule has 82 valence electrons. The van der Waals surface area contributed by atoms with Crippen LogP contribution in [0.15, 0.2) is 12.5 Å². The van der Waals surface area contributed by atoms with Gasteiger partial charge in [0.15, 0.2) is 0 Å². The van der Waals surface area contributed by atoms with Crippen LogP contribution >= 0.6 is 12.2 Å². The molecule has 0 unspecified atom stereocenters. The van der Waals surface area contributed by atoms with E-state index in [2.05, 4.69) is 15.3 Å². The summed E-state index contributed by atoms with van der Waals surface area (Å²) in [5, 5.41) is 2.51. The lowest BCUT2D eigenvalue weighted by molar-refractivity contribution is 0.0636. The zero-order chi connectivity index (χ0) is 11.5. The van der Waals surface area contributed by atoms with Crippen LogP contribution in [0.25, 0.3) is 0 Å². The fraction of sp³-hybridized carbons (Fsp3) is 0.444. The fourth-order valence-electron chi connectivity index (χ4n) is 0.847. The maximum absolute atomic E-state index is 11.4. The van der Waals surface area contributed by atoms with Gasteiger partial charge in [-0.1, -0.05) is 12.2 Å².